The zero-order valence-electron chi connectivity index (χ0n) is 9.63. The highest BCUT2D eigenvalue weighted by atomic mass is 35.5. The van der Waals surface area contributed by atoms with Crippen molar-refractivity contribution >= 4 is 29.2 Å². The summed E-state index contributed by atoms with van der Waals surface area (Å²) in [6.45, 7) is 6.64. The lowest BCUT2D eigenvalue weighted by Crippen LogP contribution is -2.20. The van der Waals surface area contributed by atoms with E-state index in [0.29, 0.717) is 17.2 Å². The molecule has 0 rings (SSSR count). The standard InChI is InChI=1S/C12H23ClS/c1-4-5-7-11(8-6-9-14)12(13)10(2)3/h9-12H,4-8H2,1-3H3. The topological polar surface area (TPSA) is 0 Å². The van der Waals surface area contributed by atoms with Gasteiger partial charge in [0.05, 0.1) is 0 Å². The monoisotopic (exact) mass is 234 g/mol. The van der Waals surface area contributed by atoms with Crippen LogP contribution in [0.1, 0.15) is 52.9 Å². The van der Waals surface area contributed by atoms with Crippen LogP contribution in [-0.4, -0.2) is 10.7 Å². The van der Waals surface area contributed by atoms with Gasteiger partial charge in [-0.25, -0.2) is 0 Å². The Morgan fingerprint density at radius 3 is 2.36 bits per heavy atom. The summed E-state index contributed by atoms with van der Waals surface area (Å²) in [6, 6.07) is 0. The van der Waals surface area contributed by atoms with Gasteiger partial charge < -0.3 is 0 Å². The average Bonchev–Trinajstić information content (AvgIpc) is 2.17. The Morgan fingerprint density at radius 1 is 1.29 bits per heavy atom. The van der Waals surface area contributed by atoms with Crippen molar-refractivity contribution in [1.29, 1.82) is 0 Å². The van der Waals surface area contributed by atoms with Crippen LogP contribution in [-0.2, 0) is 0 Å². The van der Waals surface area contributed by atoms with Gasteiger partial charge in [-0.3, -0.25) is 0 Å². The molecular weight excluding hydrogens is 212 g/mol. The van der Waals surface area contributed by atoms with E-state index in [4.69, 9.17) is 23.8 Å². The third-order valence-corrected chi connectivity index (χ3v) is 3.77. The molecule has 0 aromatic heterocycles. The van der Waals surface area contributed by atoms with Crippen LogP contribution in [0, 0.1) is 11.8 Å². The van der Waals surface area contributed by atoms with Gasteiger partial charge in [-0.05, 0) is 36.5 Å². The van der Waals surface area contributed by atoms with E-state index >= 15 is 0 Å². The third kappa shape index (κ3) is 5.98. The zero-order valence-corrected chi connectivity index (χ0v) is 11.2. The number of thiocarbonyl (C=S) groups is 1. The fourth-order valence-corrected chi connectivity index (χ4v) is 2.14. The maximum atomic E-state index is 6.41. The minimum atomic E-state index is 0.316. The molecule has 0 fully saturated rings. The van der Waals surface area contributed by atoms with Gasteiger partial charge in [0.15, 0.2) is 0 Å². The van der Waals surface area contributed by atoms with E-state index < -0.39 is 0 Å². The van der Waals surface area contributed by atoms with Gasteiger partial charge in [-0.1, -0.05) is 45.8 Å². The molecule has 2 unspecified atom stereocenters. The molecule has 0 spiro atoms. The molecule has 2 atom stereocenters. The summed E-state index contributed by atoms with van der Waals surface area (Å²) >= 11 is 11.3. The van der Waals surface area contributed by atoms with Gasteiger partial charge >= 0.3 is 0 Å². The number of alkyl halides is 1. The van der Waals surface area contributed by atoms with Gasteiger partial charge in [0, 0.05) is 5.38 Å². The fourth-order valence-electron chi connectivity index (χ4n) is 1.76. The smallest absolute Gasteiger partial charge is 0.0387 e. The van der Waals surface area contributed by atoms with Gasteiger partial charge in [0.1, 0.15) is 0 Å². The molecule has 0 nitrogen and oxygen atoms in total. The summed E-state index contributed by atoms with van der Waals surface area (Å²) in [4.78, 5) is 0. The van der Waals surface area contributed by atoms with Crippen molar-refractivity contribution < 1.29 is 0 Å². The Morgan fingerprint density at radius 2 is 1.93 bits per heavy atom. The molecule has 0 aromatic rings. The van der Waals surface area contributed by atoms with Crippen LogP contribution in [0.15, 0.2) is 0 Å². The Kier molecular flexibility index (Phi) is 8.90. The molecule has 0 N–H and O–H groups in total. The SMILES string of the molecule is CCCCC(CCC=S)C(Cl)C(C)C. The van der Waals surface area contributed by atoms with Crippen molar-refractivity contribution in [2.45, 2.75) is 58.3 Å². The summed E-state index contributed by atoms with van der Waals surface area (Å²) in [6.07, 6.45) is 6.00. The lowest BCUT2D eigenvalue weighted by molar-refractivity contribution is 0.369. The molecule has 84 valence electrons. The summed E-state index contributed by atoms with van der Waals surface area (Å²) in [5, 5.41) is 2.15. The highest BCUT2D eigenvalue weighted by Crippen LogP contribution is 2.27. The molecule has 0 heterocycles. The van der Waals surface area contributed by atoms with Crippen LogP contribution in [0.3, 0.4) is 0 Å². The highest BCUT2D eigenvalue weighted by Gasteiger charge is 2.20. The van der Waals surface area contributed by atoms with Crippen LogP contribution in [0.25, 0.3) is 0 Å². The van der Waals surface area contributed by atoms with Gasteiger partial charge in [-0.2, -0.15) is 0 Å². The van der Waals surface area contributed by atoms with Crippen molar-refractivity contribution in [3.05, 3.63) is 0 Å². The minimum absolute atomic E-state index is 0.316. The van der Waals surface area contributed by atoms with E-state index in [1.54, 1.807) is 0 Å². The quantitative estimate of drug-likeness (QED) is 0.428. The van der Waals surface area contributed by atoms with E-state index in [0.717, 1.165) is 12.8 Å². The molecule has 0 amide bonds. The van der Waals surface area contributed by atoms with E-state index in [2.05, 4.69) is 20.8 Å². The first-order valence-electron chi connectivity index (χ1n) is 5.71. The van der Waals surface area contributed by atoms with Crippen molar-refractivity contribution in [2.24, 2.45) is 11.8 Å². The Balaban J connectivity index is 4.00. The number of unbranched alkanes of at least 4 members (excludes halogenated alkanes) is 1. The van der Waals surface area contributed by atoms with Crippen molar-refractivity contribution in [2.75, 3.05) is 0 Å². The Hall–Kier alpha value is 0.380. The molecule has 0 aromatic carbocycles. The van der Waals surface area contributed by atoms with Crippen LogP contribution >= 0.6 is 23.8 Å². The van der Waals surface area contributed by atoms with E-state index in [9.17, 15) is 0 Å². The maximum absolute atomic E-state index is 6.41. The third-order valence-electron chi connectivity index (χ3n) is 2.67. The molecule has 14 heavy (non-hydrogen) atoms. The first kappa shape index (κ1) is 14.4. The molecule has 0 radical (unpaired) electrons. The van der Waals surface area contributed by atoms with Gasteiger partial charge in [0.25, 0.3) is 0 Å². The van der Waals surface area contributed by atoms with Crippen LogP contribution in [0.2, 0.25) is 0 Å². The van der Waals surface area contributed by atoms with Crippen molar-refractivity contribution in [3.63, 3.8) is 0 Å². The average molecular weight is 235 g/mol. The summed E-state index contributed by atoms with van der Waals surface area (Å²) in [7, 11) is 0. The summed E-state index contributed by atoms with van der Waals surface area (Å²) in [5.41, 5.74) is 0. The van der Waals surface area contributed by atoms with Crippen LogP contribution in [0.4, 0.5) is 0 Å². The van der Waals surface area contributed by atoms with Crippen molar-refractivity contribution in [1.82, 2.24) is 0 Å². The Labute approximate surface area is 99.4 Å². The maximum Gasteiger partial charge on any atom is 0.0387 e. The fraction of sp³-hybridized carbons (Fsp3) is 0.917. The Bertz CT molecular complexity index is 145. The predicted molar refractivity (Wildman–Crippen MR) is 70.4 cm³/mol. The highest BCUT2D eigenvalue weighted by molar-refractivity contribution is 7.78. The molecule has 0 bridgehead atoms. The lowest BCUT2D eigenvalue weighted by atomic mass is 9.88. The second-order valence-electron chi connectivity index (χ2n) is 4.33. The second-order valence-corrected chi connectivity index (χ2v) is 5.17. The first-order valence-corrected chi connectivity index (χ1v) is 6.61. The molecule has 0 saturated carbocycles. The summed E-state index contributed by atoms with van der Waals surface area (Å²) in [5.74, 6) is 1.22. The van der Waals surface area contributed by atoms with Crippen molar-refractivity contribution in [3.8, 4) is 0 Å². The second kappa shape index (κ2) is 8.67. The predicted octanol–water partition coefficient (Wildman–Crippen LogP) is 4.84. The normalized spacial score (nSPS) is 15.5. The molecule has 0 aliphatic rings. The minimum Gasteiger partial charge on any atom is -0.122 e. The molecule has 0 aliphatic heterocycles. The number of hydrogen-bond donors (Lipinski definition) is 0. The molecule has 2 heteroatoms. The zero-order chi connectivity index (χ0) is 11.0. The summed E-state index contributed by atoms with van der Waals surface area (Å²) < 4.78 is 0. The number of halogens is 1. The first-order chi connectivity index (χ1) is 6.63. The lowest BCUT2D eigenvalue weighted by Gasteiger charge is -2.24. The van der Waals surface area contributed by atoms with Crippen LogP contribution in [0.5, 0.6) is 0 Å². The largest absolute Gasteiger partial charge is 0.122 e. The number of rotatable bonds is 8. The molecule has 0 aliphatic carbocycles. The van der Waals surface area contributed by atoms with E-state index in [1.807, 2.05) is 5.37 Å². The van der Waals surface area contributed by atoms with E-state index in [1.165, 1.54) is 19.3 Å². The van der Waals surface area contributed by atoms with E-state index in [-0.39, 0.29) is 0 Å². The van der Waals surface area contributed by atoms with Gasteiger partial charge in [0.2, 0.25) is 0 Å². The molecule has 0 saturated heterocycles. The van der Waals surface area contributed by atoms with Crippen LogP contribution < -0.4 is 0 Å². The van der Waals surface area contributed by atoms with Gasteiger partial charge in [-0.15, -0.1) is 11.6 Å². The molecular formula is C12H23ClS. The number of hydrogen-bond acceptors (Lipinski definition) is 1.